The van der Waals surface area contributed by atoms with Crippen LogP contribution >= 0.6 is 46.4 Å². The minimum atomic E-state index is 0.479. The topological polar surface area (TPSA) is 18.5 Å². The maximum Gasteiger partial charge on any atom is 0.140 e. The Bertz CT molecular complexity index is 598. The van der Waals surface area contributed by atoms with Gasteiger partial charge in [0, 0.05) is 16.5 Å². The van der Waals surface area contributed by atoms with Gasteiger partial charge in [-0.15, -0.1) is 0 Å². The smallest absolute Gasteiger partial charge is 0.140 e. The van der Waals surface area contributed by atoms with E-state index >= 15 is 0 Å². The molecule has 29 heavy (non-hydrogen) atoms. The molecule has 0 bridgehead atoms. The van der Waals surface area contributed by atoms with Gasteiger partial charge < -0.3 is 9.47 Å². The van der Waals surface area contributed by atoms with Crippen LogP contribution in [-0.2, 0) is 0 Å². The Morgan fingerprint density at radius 3 is 1.17 bits per heavy atom. The van der Waals surface area contributed by atoms with E-state index in [-0.39, 0.29) is 0 Å². The standard InChI is InChI=1S/C17H16Cl4O2.3C2H6/c1-10-6-12(18)8-14(20)16(10)22-4-3-5-23-17-11(2)7-13(19)9-15(17)21;3*1-2/h6-9H,3-5H2,1-2H3;3*1-2H3. The molecule has 0 unspecified atom stereocenters. The third-order valence-corrected chi connectivity index (χ3v) is 4.17. The fourth-order valence-electron chi connectivity index (χ4n) is 2.15. The number of hydrogen-bond acceptors (Lipinski definition) is 2. The van der Waals surface area contributed by atoms with Gasteiger partial charge in [0.1, 0.15) is 11.5 Å². The molecule has 0 spiro atoms. The van der Waals surface area contributed by atoms with Gasteiger partial charge in [-0.3, -0.25) is 0 Å². The lowest BCUT2D eigenvalue weighted by Crippen LogP contribution is -2.07. The van der Waals surface area contributed by atoms with Crippen molar-refractivity contribution in [2.24, 2.45) is 0 Å². The molecule has 0 aliphatic carbocycles. The Hall–Kier alpha value is -0.800. The molecule has 0 saturated carbocycles. The molecule has 6 heteroatoms. The molecule has 2 aromatic carbocycles. The van der Waals surface area contributed by atoms with E-state index in [1.54, 1.807) is 12.1 Å². The molecule has 0 aromatic heterocycles. The summed E-state index contributed by atoms with van der Waals surface area (Å²) < 4.78 is 11.4. The Labute approximate surface area is 197 Å². The Kier molecular flexibility index (Phi) is 18.9. The highest BCUT2D eigenvalue weighted by Crippen LogP contribution is 2.33. The van der Waals surface area contributed by atoms with Crippen molar-refractivity contribution in [1.29, 1.82) is 0 Å². The summed E-state index contributed by atoms with van der Waals surface area (Å²) >= 11 is 24.1. The van der Waals surface area contributed by atoms with Gasteiger partial charge >= 0.3 is 0 Å². The maximum atomic E-state index is 6.13. The largest absolute Gasteiger partial charge is 0.492 e. The molecule has 2 rings (SSSR count). The average molecular weight is 484 g/mol. The average Bonchev–Trinajstić information content (AvgIpc) is 2.69. The fourth-order valence-corrected chi connectivity index (χ4v) is 3.45. The summed E-state index contributed by atoms with van der Waals surface area (Å²) in [6, 6.07) is 6.96. The Morgan fingerprint density at radius 2 is 0.897 bits per heavy atom. The second-order valence-electron chi connectivity index (χ2n) is 5.12. The summed E-state index contributed by atoms with van der Waals surface area (Å²) in [6.07, 6.45) is 0.691. The van der Waals surface area contributed by atoms with E-state index < -0.39 is 0 Å². The van der Waals surface area contributed by atoms with Crippen LogP contribution in [-0.4, -0.2) is 13.2 Å². The van der Waals surface area contributed by atoms with Crippen molar-refractivity contribution in [3.8, 4) is 11.5 Å². The number of rotatable bonds is 6. The van der Waals surface area contributed by atoms with E-state index in [1.807, 2.05) is 67.5 Å². The first-order valence-corrected chi connectivity index (χ1v) is 11.6. The van der Waals surface area contributed by atoms with Gasteiger partial charge in [0.05, 0.1) is 23.3 Å². The van der Waals surface area contributed by atoms with E-state index in [0.717, 1.165) is 11.1 Å². The molecule has 0 heterocycles. The molecule has 0 fully saturated rings. The van der Waals surface area contributed by atoms with Crippen molar-refractivity contribution in [1.82, 2.24) is 0 Å². The predicted molar refractivity (Wildman–Crippen MR) is 132 cm³/mol. The van der Waals surface area contributed by atoms with Crippen molar-refractivity contribution in [2.75, 3.05) is 13.2 Å². The Morgan fingerprint density at radius 1 is 0.586 bits per heavy atom. The Balaban J connectivity index is 0. The second kappa shape index (κ2) is 18.0. The number of benzene rings is 2. The van der Waals surface area contributed by atoms with E-state index in [2.05, 4.69) is 0 Å². The van der Waals surface area contributed by atoms with Crippen molar-refractivity contribution in [3.05, 3.63) is 55.5 Å². The van der Waals surface area contributed by atoms with Gasteiger partial charge in [0.2, 0.25) is 0 Å². The summed E-state index contributed by atoms with van der Waals surface area (Å²) in [7, 11) is 0. The zero-order valence-corrected chi connectivity index (χ0v) is 21.8. The molecular formula is C23H34Cl4O2. The zero-order valence-electron chi connectivity index (χ0n) is 18.8. The first-order chi connectivity index (χ1) is 13.9. The van der Waals surface area contributed by atoms with Crippen LogP contribution < -0.4 is 9.47 Å². The van der Waals surface area contributed by atoms with Crippen LogP contribution in [0.2, 0.25) is 20.1 Å². The quantitative estimate of drug-likeness (QED) is 0.380. The van der Waals surface area contributed by atoms with Gasteiger partial charge in [0.25, 0.3) is 0 Å². The summed E-state index contributed by atoms with van der Waals surface area (Å²) in [4.78, 5) is 0. The van der Waals surface area contributed by atoms with Gasteiger partial charge in [-0.25, -0.2) is 0 Å². The van der Waals surface area contributed by atoms with Crippen LogP contribution in [0.5, 0.6) is 11.5 Å². The van der Waals surface area contributed by atoms with Crippen LogP contribution in [0.3, 0.4) is 0 Å². The number of halogens is 4. The molecule has 0 aliphatic rings. The van der Waals surface area contributed by atoms with E-state index in [4.69, 9.17) is 55.9 Å². The molecule has 0 saturated heterocycles. The highest BCUT2D eigenvalue weighted by molar-refractivity contribution is 6.36. The monoisotopic (exact) mass is 482 g/mol. The highest BCUT2D eigenvalue weighted by atomic mass is 35.5. The van der Waals surface area contributed by atoms with Crippen LogP contribution in [0, 0.1) is 13.8 Å². The molecule has 0 radical (unpaired) electrons. The van der Waals surface area contributed by atoms with Gasteiger partial charge in [-0.2, -0.15) is 0 Å². The first-order valence-electron chi connectivity index (χ1n) is 10.1. The summed E-state index contributed by atoms with van der Waals surface area (Å²) in [5.74, 6) is 1.30. The molecule has 166 valence electrons. The molecule has 2 nitrogen and oxygen atoms in total. The van der Waals surface area contributed by atoms with Gasteiger partial charge in [-0.1, -0.05) is 87.9 Å². The molecule has 0 aliphatic heterocycles. The molecular weight excluding hydrogens is 450 g/mol. The summed E-state index contributed by atoms with van der Waals surface area (Å²) in [5.41, 5.74) is 1.81. The van der Waals surface area contributed by atoms with Crippen molar-refractivity contribution in [2.45, 2.75) is 61.8 Å². The SMILES string of the molecule is CC.CC.CC.Cc1cc(Cl)cc(Cl)c1OCCCOc1c(C)cc(Cl)cc1Cl. The van der Waals surface area contributed by atoms with Crippen LogP contribution in [0.25, 0.3) is 0 Å². The third-order valence-electron chi connectivity index (χ3n) is 3.17. The first kappa shape index (κ1) is 30.4. The molecule has 2 aromatic rings. The van der Waals surface area contributed by atoms with Crippen LogP contribution in [0.4, 0.5) is 0 Å². The maximum absolute atomic E-state index is 6.13. The van der Waals surface area contributed by atoms with Crippen molar-refractivity contribution < 1.29 is 9.47 Å². The lowest BCUT2D eigenvalue weighted by atomic mass is 10.2. The predicted octanol–water partition coefficient (Wildman–Crippen LogP) is 9.84. The summed E-state index contributed by atoms with van der Waals surface area (Å²) in [5, 5.41) is 2.20. The van der Waals surface area contributed by atoms with E-state index in [0.29, 0.717) is 51.2 Å². The van der Waals surface area contributed by atoms with Gasteiger partial charge in [0.15, 0.2) is 0 Å². The lowest BCUT2D eigenvalue weighted by Gasteiger charge is -2.13. The molecule has 0 amide bonds. The normalized spacial score (nSPS) is 9.10. The highest BCUT2D eigenvalue weighted by Gasteiger charge is 2.09. The molecule has 0 N–H and O–H groups in total. The molecule has 0 atom stereocenters. The minimum Gasteiger partial charge on any atom is -0.492 e. The number of aryl methyl sites for hydroxylation is 2. The second-order valence-corrected chi connectivity index (χ2v) is 6.81. The van der Waals surface area contributed by atoms with Crippen molar-refractivity contribution >= 4 is 46.4 Å². The van der Waals surface area contributed by atoms with Crippen LogP contribution in [0.1, 0.15) is 59.1 Å². The zero-order chi connectivity index (χ0) is 23.0. The number of ether oxygens (including phenoxy) is 2. The summed E-state index contributed by atoms with van der Waals surface area (Å²) in [6.45, 7) is 16.8. The van der Waals surface area contributed by atoms with E-state index in [1.165, 1.54) is 0 Å². The number of hydrogen-bond donors (Lipinski definition) is 0. The van der Waals surface area contributed by atoms with E-state index in [9.17, 15) is 0 Å². The third kappa shape index (κ3) is 11.2. The minimum absolute atomic E-state index is 0.479. The van der Waals surface area contributed by atoms with Crippen LogP contribution in [0.15, 0.2) is 24.3 Å². The van der Waals surface area contributed by atoms with Gasteiger partial charge in [-0.05, 0) is 49.2 Å². The van der Waals surface area contributed by atoms with Crippen molar-refractivity contribution in [3.63, 3.8) is 0 Å². The fraction of sp³-hybridized carbons (Fsp3) is 0.478. The lowest BCUT2D eigenvalue weighted by molar-refractivity contribution is 0.246.